The number of nitrogens with zero attached hydrogens (tertiary/aromatic N) is 1. The molecule has 140 valence electrons. The number of rotatable bonds is 9. The molecule has 0 saturated heterocycles. The molecule has 0 heterocycles. The molecule has 0 aromatic carbocycles. The van der Waals surface area contributed by atoms with E-state index in [1.807, 2.05) is 0 Å². The summed E-state index contributed by atoms with van der Waals surface area (Å²) in [5.74, 6) is -0.277. The molecule has 0 aliphatic heterocycles. The van der Waals surface area contributed by atoms with E-state index in [9.17, 15) is 18.3 Å². The number of hydrogen-bond acceptors (Lipinski definition) is 5. The zero-order chi connectivity index (χ0) is 18.9. The second kappa shape index (κ2) is 8.03. The van der Waals surface area contributed by atoms with Crippen LogP contribution in [0.3, 0.4) is 0 Å². The van der Waals surface area contributed by atoms with Crippen LogP contribution >= 0.6 is 42.0 Å². The van der Waals surface area contributed by atoms with Crippen LogP contribution in [0.1, 0.15) is 6.42 Å². The van der Waals surface area contributed by atoms with Crippen LogP contribution in [0, 0.1) is 0 Å². The number of halogens is 1. The summed E-state index contributed by atoms with van der Waals surface area (Å²) in [6.07, 6.45) is -0.325. The average Bonchev–Trinajstić information content (AvgIpc) is 2.17. The van der Waals surface area contributed by atoms with Gasteiger partial charge in [-0.05, 0) is 6.42 Å². The van der Waals surface area contributed by atoms with E-state index in [0.717, 1.165) is 0 Å². The van der Waals surface area contributed by atoms with Gasteiger partial charge in [-0.2, -0.15) is 0 Å². The molecule has 0 bridgehead atoms. The summed E-state index contributed by atoms with van der Waals surface area (Å²) in [6.45, 7) is -0.898. The lowest BCUT2D eigenvalue weighted by molar-refractivity contribution is 0.201. The highest BCUT2D eigenvalue weighted by Gasteiger charge is 2.58. The second-order valence-corrected chi connectivity index (χ2v) is 12.2. The predicted octanol–water partition coefficient (Wildman–Crippen LogP) is -0.805. The maximum atomic E-state index is 11.4. The van der Waals surface area contributed by atoms with Gasteiger partial charge in [-0.3, -0.25) is 23.2 Å². The van der Waals surface area contributed by atoms with Crippen molar-refractivity contribution in [1.29, 1.82) is 0 Å². The Morgan fingerprint density at radius 1 is 0.696 bits per heavy atom. The van der Waals surface area contributed by atoms with Crippen molar-refractivity contribution in [2.75, 3.05) is 12.4 Å². The van der Waals surface area contributed by atoms with Crippen molar-refractivity contribution in [2.45, 2.75) is 17.5 Å². The van der Waals surface area contributed by atoms with Crippen LogP contribution in [-0.2, 0) is 18.3 Å². The van der Waals surface area contributed by atoms with Crippen molar-refractivity contribution in [2.24, 2.45) is 0 Å². The van der Waals surface area contributed by atoms with Crippen molar-refractivity contribution in [3.05, 3.63) is 0 Å². The van der Waals surface area contributed by atoms with Gasteiger partial charge < -0.3 is 39.1 Å². The minimum Gasteiger partial charge on any atom is -0.323 e. The Labute approximate surface area is 134 Å². The quantitative estimate of drug-likeness (QED) is 0.162. The molecule has 0 aromatic heterocycles. The van der Waals surface area contributed by atoms with Crippen LogP contribution < -0.4 is 0 Å². The van der Waals surface area contributed by atoms with E-state index in [1.165, 1.54) is 0 Å². The van der Waals surface area contributed by atoms with Crippen LogP contribution in [0.5, 0.6) is 0 Å². The third-order valence-corrected chi connectivity index (χ3v) is 9.82. The van der Waals surface area contributed by atoms with E-state index >= 15 is 0 Å². The lowest BCUT2D eigenvalue weighted by Crippen LogP contribution is -2.43. The van der Waals surface area contributed by atoms with Crippen LogP contribution in [0.2, 0.25) is 0 Å². The van der Waals surface area contributed by atoms with Crippen LogP contribution in [0.4, 0.5) is 0 Å². The fourth-order valence-electron chi connectivity index (χ4n) is 1.76. The van der Waals surface area contributed by atoms with Crippen molar-refractivity contribution < 1.29 is 57.4 Å². The lowest BCUT2D eigenvalue weighted by atomic mass is 10.5. The molecule has 0 radical (unpaired) electrons. The molecule has 8 N–H and O–H groups in total. The molecule has 0 aromatic rings. The van der Waals surface area contributed by atoms with Gasteiger partial charge in [0.1, 0.15) is 0 Å². The summed E-state index contributed by atoms with van der Waals surface area (Å²) in [5, 5.41) is 0. The van der Waals surface area contributed by atoms with Crippen molar-refractivity contribution in [1.82, 2.24) is 4.90 Å². The Bertz CT molecular complexity index is 494. The molecule has 23 heavy (non-hydrogen) atoms. The first-order valence-electron chi connectivity index (χ1n) is 5.46. The molecular weight excluding hydrogens is 425 g/mol. The summed E-state index contributed by atoms with van der Waals surface area (Å²) < 4.78 is 45.5. The molecule has 0 amide bonds. The molecule has 0 rings (SSSR count). The van der Waals surface area contributed by atoms with Gasteiger partial charge in [-0.1, -0.05) is 0 Å². The van der Waals surface area contributed by atoms with Gasteiger partial charge in [0.15, 0.2) is 0 Å². The zero-order valence-corrected chi connectivity index (χ0v) is 15.4. The minimum absolute atomic E-state index is 0.258. The topological polar surface area (TPSA) is 233 Å². The van der Waals surface area contributed by atoms with Gasteiger partial charge in [0.05, 0.1) is 0 Å². The fraction of sp³-hybridized carbons (Fsp3) is 1.00. The second-order valence-electron chi connectivity index (χ2n) is 4.33. The molecule has 0 unspecified atom stereocenters. The van der Waals surface area contributed by atoms with E-state index in [1.54, 1.807) is 0 Å². The average molecular weight is 442 g/mol. The number of hydrogen-bond donors (Lipinski definition) is 8. The lowest BCUT2D eigenvalue weighted by Gasteiger charge is -2.37. The smallest absolute Gasteiger partial charge is 0.323 e. The van der Waals surface area contributed by atoms with Crippen LogP contribution in [-0.4, -0.2) is 67.5 Å². The Morgan fingerprint density at radius 3 is 1.13 bits per heavy atom. The van der Waals surface area contributed by atoms with E-state index in [-0.39, 0.29) is 17.2 Å². The van der Waals surface area contributed by atoms with Gasteiger partial charge in [-0.15, -0.1) is 11.6 Å². The Balaban J connectivity index is 6.39. The fourth-order valence-corrected chi connectivity index (χ4v) is 7.97. The largest absolute Gasteiger partial charge is 0.355 e. The standard InChI is InChI=1S/C5H16ClNO12P4/c6-2-1-3-7(4(20(8,9)10)21(11,12)13)5(22(14,15)16)23(17,18)19/h4-5H,1-3H2,(H2,8,9,10)(H2,11,12,13)(H2,14,15,16)(H2,17,18,19). The maximum absolute atomic E-state index is 11.4. The summed E-state index contributed by atoms with van der Waals surface area (Å²) in [4.78, 5) is 72.6. The number of alkyl halides is 1. The monoisotopic (exact) mass is 441 g/mol. The highest BCUT2D eigenvalue weighted by molar-refractivity contribution is 7.72. The molecule has 0 atom stereocenters. The Hall–Kier alpha value is 0.850. The summed E-state index contributed by atoms with van der Waals surface area (Å²) in [5.41, 5.74) is -6.30. The third kappa shape index (κ3) is 7.32. The van der Waals surface area contributed by atoms with Gasteiger partial charge in [0.25, 0.3) is 0 Å². The molecule has 0 aliphatic rings. The summed E-state index contributed by atoms with van der Waals surface area (Å²) >= 11 is 5.31. The highest BCUT2D eigenvalue weighted by Crippen LogP contribution is 2.68. The Kier molecular flexibility index (Phi) is 8.33. The normalized spacial score (nSPS) is 15.0. The Morgan fingerprint density at radius 2 is 0.957 bits per heavy atom. The van der Waals surface area contributed by atoms with Crippen LogP contribution in [0.25, 0.3) is 0 Å². The van der Waals surface area contributed by atoms with Crippen molar-refractivity contribution in [3.8, 4) is 0 Å². The molecule has 0 saturated carbocycles. The van der Waals surface area contributed by atoms with Gasteiger partial charge >= 0.3 is 30.4 Å². The van der Waals surface area contributed by atoms with Crippen molar-refractivity contribution in [3.63, 3.8) is 0 Å². The highest BCUT2D eigenvalue weighted by atomic mass is 35.5. The van der Waals surface area contributed by atoms with Crippen LogP contribution in [0.15, 0.2) is 0 Å². The SMILES string of the molecule is O=P(O)(O)C(N(CCCCl)C(P(=O)(O)O)P(=O)(O)O)P(=O)(O)O. The zero-order valence-electron chi connectivity index (χ0n) is 11.1. The maximum Gasteiger partial charge on any atom is 0.355 e. The van der Waals surface area contributed by atoms with E-state index in [0.29, 0.717) is 0 Å². The molecule has 18 heteroatoms. The third-order valence-electron chi connectivity index (χ3n) is 2.35. The summed E-state index contributed by atoms with van der Waals surface area (Å²) in [6, 6.07) is 0. The van der Waals surface area contributed by atoms with Gasteiger partial charge in [0, 0.05) is 12.4 Å². The molecule has 0 aliphatic carbocycles. The van der Waals surface area contributed by atoms with E-state index in [2.05, 4.69) is 0 Å². The predicted molar refractivity (Wildman–Crippen MR) is 77.8 cm³/mol. The molecular formula is C5H16ClNO12P4. The first kappa shape index (κ1) is 23.9. The first-order valence-corrected chi connectivity index (χ1v) is 12.7. The van der Waals surface area contributed by atoms with Crippen molar-refractivity contribution >= 4 is 42.0 Å². The summed E-state index contributed by atoms with van der Waals surface area (Å²) in [7, 11) is -23.0. The molecule has 13 nitrogen and oxygen atoms in total. The minimum atomic E-state index is -5.75. The van der Waals surface area contributed by atoms with E-state index in [4.69, 9.17) is 50.7 Å². The molecule has 0 fully saturated rings. The van der Waals surface area contributed by atoms with Gasteiger partial charge in [-0.25, -0.2) is 0 Å². The van der Waals surface area contributed by atoms with Gasteiger partial charge in [0.2, 0.25) is 11.0 Å². The first-order chi connectivity index (χ1) is 9.94. The molecule has 0 spiro atoms. The van der Waals surface area contributed by atoms with E-state index < -0.39 is 48.0 Å².